The van der Waals surface area contributed by atoms with Crippen LogP contribution in [0.4, 0.5) is 11.4 Å². The lowest BCUT2D eigenvalue weighted by molar-refractivity contribution is 0.120. The van der Waals surface area contributed by atoms with E-state index in [1.807, 2.05) is 14.1 Å². The van der Waals surface area contributed by atoms with E-state index in [9.17, 15) is 15.5 Å². The van der Waals surface area contributed by atoms with Crippen molar-refractivity contribution in [3.8, 4) is 6.07 Å². The predicted octanol–water partition coefficient (Wildman–Crippen LogP) is 0.809. The third-order valence-corrected chi connectivity index (χ3v) is 3.12. The van der Waals surface area contributed by atoms with Crippen LogP contribution in [0.3, 0.4) is 0 Å². The molecule has 0 unspecified atom stereocenters. The second-order valence-corrected chi connectivity index (χ2v) is 5.92. The Morgan fingerprint density at radius 3 is 2.61 bits per heavy atom. The van der Waals surface area contributed by atoms with Gasteiger partial charge in [0.1, 0.15) is 6.07 Å². The van der Waals surface area contributed by atoms with Crippen molar-refractivity contribution in [2.45, 2.75) is 12.5 Å². The maximum atomic E-state index is 9.25. The number of nitrogens with one attached hydrogen (secondary N) is 2. The molecule has 0 spiro atoms. The summed E-state index contributed by atoms with van der Waals surface area (Å²) in [6.07, 6.45) is 1.61. The van der Waals surface area contributed by atoms with Gasteiger partial charge in [0.15, 0.2) is 5.11 Å². The summed E-state index contributed by atoms with van der Waals surface area (Å²) >= 11 is 5.15. The topological polar surface area (TPSA) is 104 Å². The number of hydrogen-bond donors (Lipinski definition) is 4. The highest BCUT2D eigenvalue weighted by atomic mass is 32.1. The normalized spacial score (nSPS) is 11.1. The summed E-state index contributed by atoms with van der Waals surface area (Å²) in [5.41, 5.74) is 0.656. The zero-order chi connectivity index (χ0) is 17.5. The molecule has 0 aliphatic heterocycles. The van der Waals surface area contributed by atoms with Crippen molar-refractivity contribution in [2.24, 2.45) is 4.99 Å². The molecule has 0 aliphatic carbocycles. The maximum Gasteiger partial charge on any atom is 0.171 e. The lowest BCUT2D eigenvalue weighted by Crippen LogP contribution is -2.53. The van der Waals surface area contributed by atoms with Crippen LogP contribution in [0.1, 0.15) is 12.5 Å². The summed E-state index contributed by atoms with van der Waals surface area (Å²) in [5.74, 6) is 0. The number of anilines is 1. The average Bonchev–Trinajstić information content (AvgIpc) is 2.53. The Balaban J connectivity index is 2.87. The number of nitrogens with zero attached hydrogens (tertiary/aromatic N) is 3. The van der Waals surface area contributed by atoms with Crippen LogP contribution in [0, 0.1) is 11.3 Å². The molecule has 1 aromatic carbocycles. The van der Waals surface area contributed by atoms with Crippen LogP contribution in [-0.2, 0) is 0 Å². The average molecular weight is 335 g/mol. The molecule has 4 N–H and O–H groups in total. The molecule has 8 heteroatoms. The van der Waals surface area contributed by atoms with Gasteiger partial charge in [0.05, 0.1) is 36.3 Å². The van der Waals surface area contributed by atoms with Gasteiger partial charge in [-0.3, -0.25) is 0 Å². The Morgan fingerprint density at radius 1 is 1.43 bits per heavy atom. The molecule has 0 heterocycles. The third-order valence-electron chi connectivity index (χ3n) is 2.92. The quantitative estimate of drug-likeness (QED) is 0.346. The Bertz CT molecular complexity index is 621. The molecule has 0 fully saturated rings. The first kappa shape index (κ1) is 18.8. The molecule has 23 heavy (non-hydrogen) atoms. The second-order valence-electron chi connectivity index (χ2n) is 5.51. The van der Waals surface area contributed by atoms with E-state index in [2.05, 4.69) is 21.7 Å². The molecular formula is C15H21N5O2S. The monoisotopic (exact) mass is 335 g/mol. The van der Waals surface area contributed by atoms with E-state index in [1.165, 1.54) is 0 Å². The number of aliphatic hydroxyl groups is 2. The smallest absolute Gasteiger partial charge is 0.171 e. The molecule has 0 radical (unpaired) electrons. The molecule has 124 valence electrons. The van der Waals surface area contributed by atoms with E-state index in [1.54, 1.807) is 36.4 Å². The summed E-state index contributed by atoms with van der Waals surface area (Å²) < 4.78 is 0. The Hall–Kier alpha value is -2.21. The van der Waals surface area contributed by atoms with Gasteiger partial charge in [-0.25, -0.2) is 4.99 Å². The summed E-state index contributed by atoms with van der Waals surface area (Å²) in [4.78, 5) is 5.99. The van der Waals surface area contributed by atoms with Crippen LogP contribution >= 0.6 is 12.2 Å². The van der Waals surface area contributed by atoms with E-state index >= 15 is 0 Å². The van der Waals surface area contributed by atoms with Gasteiger partial charge in [0.25, 0.3) is 0 Å². The van der Waals surface area contributed by atoms with Crippen LogP contribution < -0.4 is 10.6 Å². The fourth-order valence-electron chi connectivity index (χ4n) is 1.56. The largest absolute Gasteiger partial charge is 0.394 e. The third kappa shape index (κ3) is 5.83. The van der Waals surface area contributed by atoms with Crippen LogP contribution in [0.15, 0.2) is 23.2 Å². The Morgan fingerprint density at radius 2 is 2.09 bits per heavy atom. The van der Waals surface area contributed by atoms with Gasteiger partial charge in [0, 0.05) is 19.8 Å². The standard InChI is InChI=1S/C15H21N5O2S/c1-15(8-21,9-22)19-14(23)18-12-4-5-13(11(6-12)7-16)17-10-20(2)3/h4-6,10,21-22H,8-9H2,1-3H3,(H2,18,19,23)/b17-10+. The van der Waals surface area contributed by atoms with E-state index in [4.69, 9.17) is 12.2 Å². The summed E-state index contributed by atoms with van der Waals surface area (Å²) in [6.45, 7) is 1.10. The van der Waals surface area contributed by atoms with E-state index < -0.39 is 5.54 Å². The fourth-order valence-corrected chi connectivity index (χ4v) is 1.92. The number of rotatable bonds is 6. The number of thiocarbonyl (C=S) groups is 1. The lowest BCUT2D eigenvalue weighted by Gasteiger charge is -2.27. The van der Waals surface area contributed by atoms with Crippen LogP contribution in [0.5, 0.6) is 0 Å². The molecule has 0 atom stereocenters. The molecule has 0 saturated carbocycles. The second kappa shape index (κ2) is 8.43. The zero-order valence-corrected chi connectivity index (χ0v) is 14.2. The van der Waals surface area contributed by atoms with E-state index in [0.717, 1.165) is 0 Å². The summed E-state index contributed by atoms with van der Waals surface area (Å²) in [7, 11) is 3.68. The van der Waals surface area contributed by atoms with Gasteiger partial charge < -0.3 is 25.7 Å². The molecule has 0 saturated heterocycles. The van der Waals surface area contributed by atoms with Gasteiger partial charge in [-0.1, -0.05) is 0 Å². The number of nitriles is 1. The number of hydrogen-bond acceptors (Lipinski definition) is 5. The number of aliphatic imine (C=N–C) groups is 1. The Kier molecular flexibility index (Phi) is 6.90. The Labute approximate surface area is 141 Å². The fraction of sp³-hybridized carbons (Fsp3) is 0.400. The molecule has 1 aromatic rings. The number of aliphatic hydroxyl groups excluding tert-OH is 2. The molecule has 0 amide bonds. The summed E-state index contributed by atoms with van der Waals surface area (Å²) in [6, 6.07) is 7.17. The van der Waals surface area contributed by atoms with E-state index in [0.29, 0.717) is 16.9 Å². The number of benzene rings is 1. The van der Waals surface area contributed by atoms with E-state index in [-0.39, 0.29) is 18.3 Å². The van der Waals surface area contributed by atoms with Gasteiger partial charge in [-0.05, 0) is 37.3 Å². The van der Waals surface area contributed by atoms with Gasteiger partial charge in [-0.15, -0.1) is 0 Å². The molecular weight excluding hydrogens is 314 g/mol. The van der Waals surface area contributed by atoms with Crippen molar-refractivity contribution in [3.05, 3.63) is 23.8 Å². The van der Waals surface area contributed by atoms with Gasteiger partial charge >= 0.3 is 0 Å². The van der Waals surface area contributed by atoms with Gasteiger partial charge in [-0.2, -0.15) is 5.26 Å². The van der Waals surface area contributed by atoms with Crippen LogP contribution in [-0.4, -0.2) is 59.4 Å². The minimum atomic E-state index is -0.919. The SMILES string of the molecule is CN(C)/C=N/c1ccc(NC(=S)NC(C)(CO)CO)cc1C#N. The zero-order valence-electron chi connectivity index (χ0n) is 13.4. The van der Waals surface area contributed by atoms with Crippen LogP contribution in [0.25, 0.3) is 0 Å². The van der Waals surface area contributed by atoms with Crippen molar-refractivity contribution < 1.29 is 10.2 Å². The minimum Gasteiger partial charge on any atom is -0.394 e. The molecule has 0 aliphatic rings. The highest BCUT2D eigenvalue weighted by Gasteiger charge is 2.23. The lowest BCUT2D eigenvalue weighted by atomic mass is 10.1. The molecule has 1 rings (SSSR count). The van der Waals surface area contributed by atoms with Crippen LogP contribution in [0.2, 0.25) is 0 Å². The van der Waals surface area contributed by atoms with Crippen molar-refractivity contribution in [1.82, 2.24) is 10.2 Å². The first-order chi connectivity index (χ1) is 10.8. The highest BCUT2D eigenvalue weighted by molar-refractivity contribution is 7.80. The maximum absolute atomic E-state index is 9.25. The van der Waals surface area contributed by atoms with Crippen molar-refractivity contribution in [3.63, 3.8) is 0 Å². The van der Waals surface area contributed by atoms with Gasteiger partial charge in [0.2, 0.25) is 0 Å². The first-order valence-electron chi connectivity index (χ1n) is 6.89. The highest BCUT2D eigenvalue weighted by Crippen LogP contribution is 2.22. The van der Waals surface area contributed by atoms with Crippen molar-refractivity contribution in [2.75, 3.05) is 32.6 Å². The van der Waals surface area contributed by atoms with Crippen molar-refractivity contribution in [1.29, 1.82) is 5.26 Å². The predicted molar refractivity (Wildman–Crippen MR) is 94.9 cm³/mol. The minimum absolute atomic E-state index is 0.240. The molecule has 7 nitrogen and oxygen atoms in total. The summed E-state index contributed by atoms with van der Waals surface area (Å²) in [5, 5.41) is 33.7. The van der Waals surface area contributed by atoms with Crippen molar-refractivity contribution >= 4 is 35.0 Å². The first-order valence-corrected chi connectivity index (χ1v) is 7.30. The molecule has 0 aromatic heterocycles. The molecule has 0 bridgehead atoms.